The van der Waals surface area contributed by atoms with Crippen molar-refractivity contribution in [3.63, 3.8) is 0 Å². The second kappa shape index (κ2) is 14.0. The van der Waals surface area contributed by atoms with Crippen LogP contribution in [-0.4, -0.2) is 31.2 Å². The largest absolute Gasteiger partial charge is 0.507 e. The van der Waals surface area contributed by atoms with Gasteiger partial charge in [0, 0.05) is 29.5 Å². The highest BCUT2D eigenvalue weighted by molar-refractivity contribution is 7.86. The van der Waals surface area contributed by atoms with Gasteiger partial charge in [-0.1, -0.05) is 82.5 Å². The van der Waals surface area contributed by atoms with Crippen LogP contribution in [0.5, 0.6) is 5.75 Å². The van der Waals surface area contributed by atoms with Crippen LogP contribution in [-0.2, 0) is 16.5 Å². The summed E-state index contributed by atoms with van der Waals surface area (Å²) in [5.41, 5.74) is 3.02. The Morgan fingerprint density at radius 1 is 0.735 bits per heavy atom. The third-order valence-electron chi connectivity index (χ3n) is 5.83. The van der Waals surface area contributed by atoms with E-state index in [-0.39, 0.29) is 10.6 Å². The molecule has 0 unspecified atom stereocenters. The lowest BCUT2D eigenvalue weighted by Crippen LogP contribution is -2.26. The molecule has 2 N–H and O–H groups in total. The summed E-state index contributed by atoms with van der Waals surface area (Å²) in [6.07, 6.45) is 8.95. The van der Waals surface area contributed by atoms with E-state index in [4.69, 9.17) is 4.55 Å². The number of hydrogen-bond donors (Lipinski definition) is 2. The van der Waals surface area contributed by atoms with Crippen molar-refractivity contribution in [1.29, 1.82) is 0 Å². The van der Waals surface area contributed by atoms with E-state index in [1.165, 1.54) is 87.5 Å². The molecule has 0 bridgehead atoms. The summed E-state index contributed by atoms with van der Waals surface area (Å²) >= 11 is 0. The van der Waals surface area contributed by atoms with Crippen LogP contribution in [0.2, 0.25) is 0 Å². The molecule has 0 aliphatic rings. The van der Waals surface area contributed by atoms with E-state index >= 15 is 0 Å². The molecule has 0 atom stereocenters. The van der Waals surface area contributed by atoms with E-state index < -0.39 is 10.1 Å². The van der Waals surface area contributed by atoms with Crippen LogP contribution in [0.3, 0.4) is 0 Å². The summed E-state index contributed by atoms with van der Waals surface area (Å²) in [6.45, 7) is 9.25. The summed E-state index contributed by atoms with van der Waals surface area (Å²) < 4.78 is 31.0. The standard InChI is InChI=1S/C18H31N.C10H8O4S/c1-4-7-12-17-13-10-11-14-18(17)19(15-8-5-2)16-9-6-3;11-9-5-6-10(15(12,13)14)8-4-2-1-3-7(8)9/h10-11,13-14H,4-9,12,15-16H2,1-3H3;1-6,11H,(H,12,13,14). The van der Waals surface area contributed by atoms with Gasteiger partial charge in [-0.15, -0.1) is 0 Å². The van der Waals surface area contributed by atoms with E-state index in [2.05, 4.69) is 49.9 Å². The van der Waals surface area contributed by atoms with Gasteiger partial charge in [0.25, 0.3) is 10.1 Å². The molecule has 0 saturated heterocycles. The van der Waals surface area contributed by atoms with Crippen molar-refractivity contribution in [2.75, 3.05) is 18.0 Å². The van der Waals surface area contributed by atoms with Gasteiger partial charge in [0.1, 0.15) is 10.6 Å². The zero-order valence-corrected chi connectivity index (χ0v) is 21.5. The second-order valence-corrected chi connectivity index (χ2v) is 9.92. The number of phenolic OH excluding ortho intramolecular Hbond substituents is 1. The Labute approximate surface area is 205 Å². The van der Waals surface area contributed by atoms with Gasteiger partial charge in [0.2, 0.25) is 0 Å². The fraction of sp³-hybridized carbons (Fsp3) is 0.429. The molecule has 5 nitrogen and oxygen atoms in total. The highest BCUT2D eigenvalue weighted by atomic mass is 32.2. The first-order chi connectivity index (χ1) is 16.3. The third-order valence-corrected chi connectivity index (χ3v) is 6.75. The highest BCUT2D eigenvalue weighted by Crippen LogP contribution is 2.29. The number of anilines is 1. The fourth-order valence-electron chi connectivity index (χ4n) is 3.93. The average Bonchev–Trinajstić information content (AvgIpc) is 2.83. The maximum atomic E-state index is 11.0. The van der Waals surface area contributed by atoms with Crippen molar-refractivity contribution in [3.05, 3.63) is 66.2 Å². The molecule has 6 heteroatoms. The molecule has 3 rings (SSSR count). The molecule has 0 saturated carbocycles. The molecular weight excluding hydrogens is 446 g/mol. The number of fused-ring (bicyclic) bond motifs is 1. The van der Waals surface area contributed by atoms with Gasteiger partial charge in [-0.05, 0) is 49.4 Å². The fourth-order valence-corrected chi connectivity index (χ4v) is 4.62. The maximum absolute atomic E-state index is 11.0. The van der Waals surface area contributed by atoms with Gasteiger partial charge < -0.3 is 10.0 Å². The van der Waals surface area contributed by atoms with Crippen molar-refractivity contribution >= 4 is 26.6 Å². The monoisotopic (exact) mass is 485 g/mol. The molecule has 0 amide bonds. The first kappa shape index (κ1) is 27.7. The minimum Gasteiger partial charge on any atom is -0.507 e. The smallest absolute Gasteiger partial charge is 0.295 e. The molecular formula is C28H39NO4S. The topological polar surface area (TPSA) is 77.8 Å². The number of rotatable bonds is 11. The molecule has 3 aromatic rings. The lowest BCUT2D eigenvalue weighted by Gasteiger charge is -2.27. The molecule has 0 aliphatic carbocycles. The van der Waals surface area contributed by atoms with Crippen molar-refractivity contribution in [2.45, 2.75) is 70.6 Å². The van der Waals surface area contributed by atoms with Crippen LogP contribution in [0, 0.1) is 0 Å². The normalized spacial score (nSPS) is 11.2. The number of hydrogen-bond acceptors (Lipinski definition) is 4. The molecule has 0 spiro atoms. The molecule has 0 aliphatic heterocycles. The Morgan fingerprint density at radius 2 is 1.29 bits per heavy atom. The van der Waals surface area contributed by atoms with Gasteiger partial charge >= 0.3 is 0 Å². The van der Waals surface area contributed by atoms with E-state index in [1.807, 2.05) is 0 Å². The molecule has 0 aromatic heterocycles. The van der Waals surface area contributed by atoms with Crippen molar-refractivity contribution in [2.24, 2.45) is 0 Å². The number of unbranched alkanes of at least 4 members (excludes halogenated alkanes) is 3. The summed E-state index contributed by atoms with van der Waals surface area (Å²) in [7, 11) is -4.26. The van der Waals surface area contributed by atoms with Crippen LogP contribution in [0.4, 0.5) is 5.69 Å². The van der Waals surface area contributed by atoms with Crippen LogP contribution < -0.4 is 4.90 Å². The number of phenols is 1. The van der Waals surface area contributed by atoms with Crippen LogP contribution in [0.1, 0.15) is 64.9 Å². The number of para-hydroxylation sites is 1. The Morgan fingerprint density at radius 3 is 1.88 bits per heavy atom. The van der Waals surface area contributed by atoms with E-state index in [0.717, 1.165) is 0 Å². The van der Waals surface area contributed by atoms with Crippen LogP contribution in [0.25, 0.3) is 10.8 Å². The van der Waals surface area contributed by atoms with E-state index in [0.29, 0.717) is 10.8 Å². The zero-order chi connectivity index (χ0) is 25.0. The number of nitrogens with zero attached hydrogens (tertiary/aromatic N) is 1. The molecule has 0 heterocycles. The summed E-state index contributed by atoms with van der Waals surface area (Å²) in [5.74, 6) is -0.0157. The van der Waals surface area contributed by atoms with Crippen LogP contribution >= 0.6 is 0 Å². The van der Waals surface area contributed by atoms with Crippen molar-refractivity contribution < 1.29 is 18.1 Å². The first-order valence-corrected chi connectivity index (χ1v) is 13.8. The Balaban J connectivity index is 0.000000246. The predicted octanol–water partition coefficient (Wildman–Crippen LogP) is 7.23. The molecule has 3 aromatic carbocycles. The molecule has 186 valence electrons. The highest BCUT2D eigenvalue weighted by Gasteiger charge is 2.15. The minimum atomic E-state index is -4.26. The zero-order valence-electron chi connectivity index (χ0n) is 20.7. The van der Waals surface area contributed by atoms with Crippen molar-refractivity contribution in [1.82, 2.24) is 0 Å². The van der Waals surface area contributed by atoms with E-state index in [9.17, 15) is 13.5 Å². The summed E-state index contributed by atoms with van der Waals surface area (Å²) in [6, 6.07) is 17.8. The first-order valence-electron chi connectivity index (χ1n) is 12.3. The Hall–Kier alpha value is -2.57. The lowest BCUT2D eigenvalue weighted by molar-refractivity contribution is 0.479. The Kier molecular flexibility index (Phi) is 11.4. The summed E-state index contributed by atoms with van der Waals surface area (Å²) in [5, 5.41) is 10.2. The Bertz CT molecular complexity index is 1120. The van der Waals surface area contributed by atoms with Gasteiger partial charge in [-0.25, -0.2) is 0 Å². The third kappa shape index (κ3) is 8.03. The number of benzene rings is 3. The van der Waals surface area contributed by atoms with E-state index in [1.54, 1.807) is 18.2 Å². The lowest BCUT2D eigenvalue weighted by atomic mass is 10.0. The van der Waals surface area contributed by atoms with Crippen molar-refractivity contribution in [3.8, 4) is 5.75 Å². The quantitative estimate of drug-likeness (QED) is 0.280. The molecule has 0 fully saturated rings. The van der Waals surface area contributed by atoms with Crippen LogP contribution in [0.15, 0.2) is 65.6 Å². The van der Waals surface area contributed by atoms with Gasteiger partial charge in [0.05, 0.1) is 0 Å². The predicted molar refractivity (Wildman–Crippen MR) is 143 cm³/mol. The van der Waals surface area contributed by atoms with Gasteiger partial charge in [-0.2, -0.15) is 8.42 Å². The van der Waals surface area contributed by atoms with Gasteiger partial charge in [-0.3, -0.25) is 4.55 Å². The molecule has 34 heavy (non-hydrogen) atoms. The number of aromatic hydroxyl groups is 1. The minimum absolute atomic E-state index is 0.0157. The summed E-state index contributed by atoms with van der Waals surface area (Å²) in [4.78, 5) is 2.41. The number of aryl methyl sites for hydroxylation is 1. The molecule has 0 radical (unpaired) electrons. The SMILES string of the molecule is CCCCc1ccccc1N(CCCC)CCCC.O=S(=O)(O)c1ccc(O)c2ccccc12. The second-order valence-electron chi connectivity index (χ2n) is 8.53. The average molecular weight is 486 g/mol. The maximum Gasteiger partial charge on any atom is 0.295 e. The van der Waals surface area contributed by atoms with Gasteiger partial charge in [0.15, 0.2) is 0 Å².